The number of aromatic carboxylic acids is 1. The first-order valence-corrected chi connectivity index (χ1v) is 6.89. The van der Waals surface area contributed by atoms with Gasteiger partial charge >= 0.3 is 5.97 Å². The highest BCUT2D eigenvalue weighted by Crippen LogP contribution is 2.20. The molecule has 2 N–H and O–H groups in total. The lowest BCUT2D eigenvalue weighted by molar-refractivity contribution is 0.0696. The summed E-state index contributed by atoms with van der Waals surface area (Å²) in [7, 11) is 0. The zero-order valence-corrected chi connectivity index (χ0v) is 11.3. The van der Waals surface area contributed by atoms with E-state index in [1.165, 1.54) is 6.20 Å². The van der Waals surface area contributed by atoms with Gasteiger partial charge in [0.25, 0.3) is 0 Å². The summed E-state index contributed by atoms with van der Waals surface area (Å²) in [6.07, 6.45) is 4.73. The molecule has 5 nitrogen and oxygen atoms in total. The molecule has 1 aromatic heterocycles. The van der Waals surface area contributed by atoms with Gasteiger partial charge in [0, 0.05) is 18.8 Å². The molecule has 2 rings (SSSR count). The molecule has 0 radical (unpaired) electrons. The molecule has 0 atom stereocenters. The number of carboxylic acids is 1. The quantitative estimate of drug-likeness (QED) is 0.847. The Labute approximate surface area is 113 Å². The van der Waals surface area contributed by atoms with Gasteiger partial charge in [0.15, 0.2) is 0 Å². The van der Waals surface area contributed by atoms with E-state index in [1.54, 1.807) is 6.07 Å². The number of carboxylic acid groups (broad SMARTS) is 1. The lowest BCUT2D eigenvalue weighted by Crippen LogP contribution is -2.44. The molecule has 1 saturated heterocycles. The van der Waals surface area contributed by atoms with Crippen LogP contribution in [0.25, 0.3) is 0 Å². The summed E-state index contributed by atoms with van der Waals surface area (Å²) in [4.78, 5) is 17.5. The first-order chi connectivity index (χ1) is 9.22. The lowest BCUT2D eigenvalue weighted by atomic mass is 10.0. The van der Waals surface area contributed by atoms with Crippen LogP contribution in [0, 0.1) is 0 Å². The minimum atomic E-state index is -0.928. The van der Waals surface area contributed by atoms with E-state index >= 15 is 0 Å². The fourth-order valence-corrected chi connectivity index (χ4v) is 2.53. The van der Waals surface area contributed by atoms with Crippen molar-refractivity contribution in [3.63, 3.8) is 0 Å². The Kier molecular flexibility index (Phi) is 4.74. The van der Waals surface area contributed by atoms with Crippen molar-refractivity contribution in [3.8, 4) is 0 Å². The van der Waals surface area contributed by atoms with Crippen LogP contribution in [0.3, 0.4) is 0 Å². The van der Waals surface area contributed by atoms with Crippen molar-refractivity contribution in [1.82, 2.24) is 10.3 Å². The van der Waals surface area contributed by atoms with Crippen LogP contribution in [0.5, 0.6) is 0 Å². The highest BCUT2D eigenvalue weighted by atomic mass is 16.4. The number of pyridine rings is 1. The van der Waals surface area contributed by atoms with Crippen molar-refractivity contribution < 1.29 is 9.90 Å². The SMILES string of the molecule is CCCN(c1ccc(C(=O)O)cn1)C1CCNCC1. The minimum Gasteiger partial charge on any atom is -0.478 e. The number of hydrogen-bond acceptors (Lipinski definition) is 4. The molecule has 1 aromatic rings. The summed E-state index contributed by atoms with van der Waals surface area (Å²) in [5.41, 5.74) is 0.241. The molecule has 0 amide bonds. The average Bonchev–Trinajstić information content (AvgIpc) is 2.46. The molecule has 0 aliphatic carbocycles. The van der Waals surface area contributed by atoms with E-state index in [-0.39, 0.29) is 5.56 Å². The monoisotopic (exact) mass is 263 g/mol. The first-order valence-electron chi connectivity index (χ1n) is 6.89. The molecule has 1 aliphatic rings. The Hall–Kier alpha value is -1.62. The molecule has 1 aliphatic heterocycles. The molecule has 0 aromatic carbocycles. The average molecular weight is 263 g/mol. The number of anilines is 1. The fraction of sp³-hybridized carbons (Fsp3) is 0.571. The Morgan fingerprint density at radius 1 is 1.47 bits per heavy atom. The molecule has 104 valence electrons. The number of hydrogen-bond donors (Lipinski definition) is 2. The smallest absolute Gasteiger partial charge is 0.337 e. The Morgan fingerprint density at radius 3 is 2.74 bits per heavy atom. The number of carbonyl (C=O) groups is 1. The predicted octanol–water partition coefficient (Wildman–Crippen LogP) is 1.75. The van der Waals surface area contributed by atoms with E-state index in [1.807, 2.05) is 6.07 Å². The van der Waals surface area contributed by atoms with E-state index in [4.69, 9.17) is 5.11 Å². The summed E-state index contributed by atoms with van der Waals surface area (Å²) in [5, 5.41) is 12.3. The molecule has 2 heterocycles. The summed E-state index contributed by atoms with van der Waals surface area (Å²) < 4.78 is 0. The van der Waals surface area contributed by atoms with Crippen molar-refractivity contribution in [1.29, 1.82) is 0 Å². The van der Waals surface area contributed by atoms with Crippen molar-refractivity contribution >= 4 is 11.8 Å². The molecular formula is C14H21N3O2. The lowest BCUT2D eigenvalue weighted by Gasteiger charge is -2.35. The third-order valence-corrected chi connectivity index (χ3v) is 3.50. The van der Waals surface area contributed by atoms with Crippen LogP contribution in [0.1, 0.15) is 36.5 Å². The zero-order chi connectivity index (χ0) is 13.7. The van der Waals surface area contributed by atoms with Crippen LogP contribution >= 0.6 is 0 Å². The maximum atomic E-state index is 10.8. The maximum Gasteiger partial charge on any atom is 0.337 e. The van der Waals surface area contributed by atoms with Crippen molar-refractivity contribution in [3.05, 3.63) is 23.9 Å². The predicted molar refractivity (Wildman–Crippen MR) is 74.7 cm³/mol. The standard InChI is InChI=1S/C14H21N3O2/c1-2-9-17(12-5-7-15-8-6-12)13-4-3-11(10-16-13)14(18)19/h3-4,10,12,15H,2,5-9H2,1H3,(H,18,19). The number of piperidine rings is 1. The zero-order valence-electron chi connectivity index (χ0n) is 11.3. The van der Waals surface area contributed by atoms with Crippen LogP contribution in [0.15, 0.2) is 18.3 Å². The van der Waals surface area contributed by atoms with Crippen LogP contribution in [-0.4, -0.2) is 41.7 Å². The first kappa shape index (κ1) is 13.8. The second kappa shape index (κ2) is 6.52. The van der Waals surface area contributed by atoms with E-state index in [2.05, 4.69) is 22.1 Å². The summed E-state index contributed by atoms with van der Waals surface area (Å²) in [6, 6.07) is 3.96. The molecule has 19 heavy (non-hydrogen) atoms. The van der Waals surface area contributed by atoms with Crippen molar-refractivity contribution in [2.24, 2.45) is 0 Å². The summed E-state index contributed by atoms with van der Waals surface area (Å²) in [6.45, 7) is 5.19. The van der Waals surface area contributed by atoms with Gasteiger partial charge in [0.05, 0.1) is 5.56 Å². The molecule has 5 heteroatoms. The van der Waals surface area contributed by atoms with Crippen LogP contribution in [0.2, 0.25) is 0 Å². The largest absolute Gasteiger partial charge is 0.478 e. The fourth-order valence-electron chi connectivity index (χ4n) is 2.53. The van der Waals surface area contributed by atoms with E-state index < -0.39 is 5.97 Å². The van der Waals surface area contributed by atoms with E-state index in [0.717, 1.165) is 44.7 Å². The second-order valence-electron chi connectivity index (χ2n) is 4.88. The molecule has 0 saturated carbocycles. The highest BCUT2D eigenvalue weighted by Gasteiger charge is 2.21. The normalized spacial score (nSPS) is 16.3. The third kappa shape index (κ3) is 3.44. The van der Waals surface area contributed by atoms with Gasteiger partial charge in [-0.15, -0.1) is 0 Å². The highest BCUT2D eigenvalue weighted by molar-refractivity contribution is 5.87. The number of aromatic nitrogens is 1. The molecule has 0 spiro atoms. The van der Waals surface area contributed by atoms with Crippen LogP contribution in [0.4, 0.5) is 5.82 Å². The van der Waals surface area contributed by atoms with Crippen LogP contribution in [-0.2, 0) is 0 Å². The topological polar surface area (TPSA) is 65.5 Å². The number of nitrogens with zero attached hydrogens (tertiary/aromatic N) is 2. The van der Waals surface area contributed by atoms with Crippen LogP contribution < -0.4 is 10.2 Å². The molecular weight excluding hydrogens is 242 g/mol. The molecule has 0 unspecified atom stereocenters. The summed E-state index contributed by atoms with van der Waals surface area (Å²) >= 11 is 0. The number of rotatable bonds is 5. The minimum absolute atomic E-state index is 0.241. The maximum absolute atomic E-state index is 10.8. The van der Waals surface area contributed by atoms with Crippen molar-refractivity contribution in [2.45, 2.75) is 32.2 Å². The van der Waals surface area contributed by atoms with Crippen molar-refractivity contribution in [2.75, 3.05) is 24.5 Å². The molecule has 1 fully saturated rings. The van der Waals surface area contributed by atoms with Gasteiger partial charge in [-0.05, 0) is 44.5 Å². The van der Waals surface area contributed by atoms with Gasteiger partial charge in [-0.25, -0.2) is 9.78 Å². The van der Waals surface area contributed by atoms with E-state index in [0.29, 0.717) is 6.04 Å². The summed E-state index contributed by atoms with van der Waals surface area (Å²) in [5.74, 6) is -0.0401. The van der Waals surface area contributed by atoms with Gasteiger partial charge in [-0.2, -0.15) is 0 Å². The van der Waals surface area contributed by atoms with Gasteiger partial charge in [0.2, 0.25) is 0 Å². The second-order valence-corrected chi connectivity index (χ2v) is 4.88. The van der Waals surface area contributed by atoms with E-state index in [9.17, 15) is 4.79 Å². The van der Waals surface area contributed by atoms with Gasteiger partial charge in [-0.1, -0.05) is 6.92 Å². The van der Waals surface area contributed by atoms with Gasteiger partial charge in [0.1, 0.15) is 5.82 Å². The Morgan fingerprint density at radius 2 is 2.21 bits per heavy atom. The Balaban J connectivity index is 2.15. The van der Waals surface area contributed by atoms with Gasteiger partial charge < -0.3 is 15.3 Å². The third-order valence-electron chi connectivity index (χ3n) is 3.50. The molecule has 0 bridgehead atoms. The van der Waals surface area contributed by atoms with Gasteiger partial charge in [-0.3, -0.25) is 0 Å². The Bertz CT molecular complexity index is 413. The number of nitrogens with one attached hydrogen (secondary N) is 1.